The predicted molar refractivity (Wildman–Crippen MR) is 129 cm³/mol. The Hall–Kier alpha value is -3.27. The van der Waals surface area contributed by atoms with Crippen molar-refractivity contribution in [2.75, 3.05) is 44.2 Å². The van der Waals surface area contributed by atoms with Crippen molar-refractivity contribution in [2.24, 2.45) is 0 Å². The van der Waals surface area contributed by atoms with E-state index in [2.05, 4.69) is 14.9 Å². The summed E-state index contributed by atoms with van der Waals surface area (Å²) in [4.78, 5) is 54.4. The Balaban J connectivity index is 1.53. The number of rotatable bonds is 6. The predicted octanol–water partition coefficient (Wildman–Crippen LogP) is 1.99. The van der Waals surface area contributed by atoms with Crippen molar-refractivity contribution >= 4 is 39.2 Å². The molecular formula is C23H28N6O3S. The first-order chi connectivity index (χ1) is 15.9. The number of carbonyl (C=O) groups is 2. The molecule has 0 radical (unpaired) electrons. The lowest BCUT2D eigenvalue weighted by atomic mass is 10.2. The van der Waals surface area contributed by atoms with Crippen molar-refractivity contribution in [1.29, 1.82) is 0 Å². The lowest BCUT2D eigenvalue weighted by molar-refractivity contribution is -0.131. The second-order valence-corrected chi connectivity index (χ2v) is 8.95. The average molecular weight is 469 g/mol. The second kappa shape index (κ2) is 9.70. The Labute approximate surface area is 196 Å². The van der Waals surface area contributed by atoms with Gasteiger partial charge in [0.15, 0.2) is 0 Å². The Morgan fingerprint density at radius 1 is 1.09 bits per heavy atom. The molecule has 1 fully saturated rings. The van der Waals surface area contributed by atoms with E-state index in [0.717, 1.165) is 5.82 Å². The van der Waals surface area contributed by atoms with E-state index in [4.69, 9.17) is 0 Å². The van der Waals surface area contributed by atoms with E-state index in [1.807, 2.05) is 36.9 Å². The molecule has 3 aromatic rings. The molecule has 1 saturated heterocycles. The first kappa shape index (κ1) is 22.9. The zero-order chi connectivity index (χ0) is 23.5. The first-order valence-electron chi connectivity index (χ1n) is 11.2. The molecule has 4 rings (SSSR count). The van der Waals surface area contributed by atoms with E-state index in [9.17, 15) is 14.4 Å². The Kier molecular flexibility index (Phi) is 6.73. The number of anilines is 1. The van der Waals surface area contributed by atoms with Crippen LogP contribution in [0.2, 0.25) is 0 Å². The highest BCUT2D eigenvalue weighted by atomic mass is 32.1. The molecule has 0 bridgehead atoms. The second-order valence-electron chi connectivity index (χ2n) is 7.95. The number of nitrogens with zero attached hydrogens (tertiary/aromatic N) is 6. The SMILES string of the molecule is CCN(CC)C(=O)Cn1cnc2sc(C(=O)N3CCN(c4ccccn4)CC3)c(C)c2c1=O. The smallest absolute Gasteiger partial charge is 0.264 e. The maximum Gasteiger partial charge on any atom is 0.264 e. The number of pyridine rings is 1. The van der Waals surface area contributed by atoms with Crippen molar-refractivity contribution < 1.29 is 9.59 Å². The van der Waals surface area contributed by atoms with Gasteiger partial charge in [-0.05, 0) is 38.5 Å². The highest BCUT2D eigenvalue weighted by Gasteiger charge is 2.27. The number of hydrogen-bond acceptors (Lipinski definition) is 7. The van der Waals surface area contributed by atoms with Crippen LogP contribution in [-0.2, 0) is 11.3 Å². The normalized spacial score (nSPS) is 14.0. The standard InChI is InChI=1S/C23H28N6O3S/c1-4-26(5-2)18(30)14-29-15-25-21-19(22(29)31)16(3)20(33-21)23(32)28-12-10-27(11-13-28)17-8-6-7-9-24-17/h6-9,15H,4-5,10-14H2,1-3H3. The molecule has 0 N–H and O–H groups in total. The van der Waals surface area contributed by atoms with Gasteiger partial charge in [-0.25, -0.2) is 9.97 Å². The number of amides is 2. The summed E-state index contributed by atoms with van der Waals surface area (Å²) in [7, 11) is 0. The van der Waals surface area contributed by atoms with Gasteiger partial charge in [-0.2, -0.15) is 0 Å². The number of carbonyl (C=O) groups excluding carboxylic acids is 2. The number of fused-ring (bicyclic) bond motifs is 1. The minimum absolute atomic E-state index is 0.0580. The molecule has 0 aromatic carbocycles. The monoisotopic (exact) mass is 468 g/mol. The van der Waals surface area contributed by atoms with Gasteiger partial charge in [0.25, 0.3) is 11.5 Å². The van der Waals surface area contributed by atoms with Crippen molar-refractivity contribution in [1.82, 2.24) is 24.3 Å². The van der Waals surface area contributed by atoms with Crippen LogP contribution in [0, 0.1) is 6.92 Å². The zero-order valence-corrected chi connectivity index (χ0v) is 20.0. The van der Waals surface area contributed by atoms with Gasteiger partial charge in [-0.15, -0.1) is 11.3 Å². The minimum Gasteiger partial charge on any atom is -0.353 e. The summed E-state index contributed by atoms with van der Waals surface area (Å²) < 4.78 is 1.34. The van der Waals surface area contributed by atoms with Gasteiger partial charge in [0.05, 0.1) is 16.6 Å². The summed E-state index contributed by atoms with van der Waals surface area (Å²) >= 11 is 1.24. The van der Waals surface area contributed by atoms with Gasteiger partial charge in [0, 0.05) is 45.5 Å². The molecule has 174 valence electrons. The number of aryl methyl sites for hydroxylation is 1. The van der Waals surface area contributed by atoms with E-state index in [-0.39, 0.29) is 23.9 Å². The van der Waals surface area contributed by atoms with Crippen LogP contribution in [0.1, 0.15) is 29.1 Å². The number of likely N-dealkylation sites (N-methyl/N-ethyl adjacent to an activating group) is 1. The molecule has 0 unspecified atom stereocenters. The third-order valence-electron chi connectivity index (χ3n) is 6.07. The van der Waals surface area contributed by atoms with Gasteiger partial charge in [-0.1, -0.05) is 6.07 Å². The fraction of sp³-hybridized carbons (Fsp3) is 0.435. The highest BCUT2D eigenvalue weighted by molar-refractivity contribution is 7.20. The summed E-state index contributed by atoms with van der Waals surface area (Å²) in [6.07, 6.45) is 3.17. The number of hydrogen-bond donors (Lipinski definition) is 0. The zero-order valence-electron chi connectivity index (χ0n) is 19.2. The van der Waals surface area contributed by atoms with Gasteiger partial charge in [-0.3, -0.25) is 19.0 Å². The summed E-state index contributed by atoms with van der Waals surface area (Å²) in [5.41, 5.74) is 0.350. The molecule has 9 nitrogen and oxygen atoms in total. The van der Waals surface area contributed by atoms with Crippen molar-refractivity contribution in [3.8, 4) is 0 Å². The van der Waals surface area contributed by atoms with E-state index < -0.39 is 0 Å². The molecule has 0 spiro atoms. The maximum atomic E-state index is 13.3. The van der Waals surface area contributed by atoms with E-state index >= 15 is 0 Å². The molecule has 0 atom stereocenters. The molecule has 0 saturated carbocycles. The van der Waals surface area contributed by atoms with Gasteiger partial charge < -0.3 is 14.7 Å². The third-order valence-corrected chi connectivity index (χ3v) is 7.26. The molecule has 1 aliphatic rings. The fourth-order valence-corrected chi connectivity index (χ4v) is 5.23. The van der Waals surface area contributed by atoms with Crippen LogP contribution in [0.4, 0.5) is 5.82 Å². The molecular weight excluding hydrogens is 440 g/mol. The summed E-state index contributed by atoms with van der Waals surface area (Å²) in [5, 5.41) is 0.422. The average Bonchev–Trinajstić information content (AvgIpc) is 3.19. The third kappa shape index (κ3) is 4.47. The Bertz CT molecular complexity index is 1210. The van der Waals surface area contributed by atoms with E-state index in [1.165, 1.54) is 22.2 Å². The van der Waals surface area contributed by atoms with Crippen molar-refractivity contribution in [3.05, 3.63) is 51.5 Å². The molecule has 4 heterocycles. The quantitative estimate of drug-likeness (QED) is 0.550. The van der Waals surface area contributed by atoms with Gasteiger partial charge in [0.2, 0.25) is 5.91 Å². The first-order valence-corrected chi connectivity index (χ1v) is 12.0. The van der Waals surface area contributed by atoms with Crippen LogP contribution in [0.25, 0.3) is 10.2 Å². The number of piperazine rings is 1. The summed E-state index contributed by atoms with van der Waals surface area (Å²) in [6, 6.07) is 5.81. The van der Waals surface area contributed by atoms with Crippen LogP contribution in [0.15, 0.2) is 35.5 Å². The largest absolute Gasteiger partial charge is 0.353 e. The number of thiophene rings is 1. The van der Waals surface area contributed by atoms with Gasteiger partial charge in [0.1, 0.15) is 17.2 Å². The molecule has 10 heteroatoms. The van der Waals surface area contributed by atoms with Crippen LogP contribution >= 0.6 is 11.3 Å². The number of aromatic nitrogens is 3. The topological polar surface area (TPSA) is 91.6 Å². The van der Waals surface area contributed by atoms with Crippen LogP contribution < -0.4 is 10.5 Å². The van der Waals surface area contributed by atoms with E-state index in [1.54, 1.807) is 18.0 Å². The lowest BCUT2D eigenvalue weighted by Gasteiger charge is -2.35. The van der Waals surface area contributed by atoms with Crippen LogP contribution in [0.3, 0.4) is 0 Å². The molecule has 3 aromatic heterocycles. The maximum absolute atomic E-state index is 13.3. The van der Waals surface area contributed by atoms with Crippen molar-refractivity contribution in [3.63, 3.8) is 0 Å². The summed E-state index contributed by atoms with van der Waals surface area (Å²) in [6.45, 7) is 9.28. The minimum atomic E-state index is -0.284. The Morgan fingerprint density at radius 3 is 2.45 bits per heavy atom. The van der Waals surface area contributed by atoms with Crippen molar-refractivity contribution in [2.45, 2.75) is 27.3 Å². The van der Waals surface area contributed by atoms with Crippen LogP contribution in [-0.4, -0.2) is 75.4 Å². The molecule has 1 aliphatic heterocycles. The summed E-state index contributed by atoms with van der Waals surface area (Å²) in [5.74, 6) is 0.700. The lowest BCUT2D eigenvalue weighted by Crippen LogP contribution is -2.49. The fourth-order valence-electron chi connectivity index (χ4n) is 4.12. The molecule has 2 amide bonds. The molecule has 33 heavy (non-hydrogen) atoms. The van der Waals surface area contributed by atoms with E-state index in [0.29, 0.717) is 59.9 Å². The van der Waals surface area contributed by atoms with Gasteiger partial charge >= 0.3 is 0 Å². The highest BCUT2D eigenvalue weighted by Crippen LogP contribution is 2.28. The Morgan fingerprint density at radius 2 is 1.82 bits per heavy atom. The van der Waals surface area contributed by atoms with Crippen LogP contribution in [0.5, 0.6) is 0 Å². The molecule has 0 aliphatic carbocycles.